The van der Waals surface area contributed by atoms with Gasteiger partial charge < -0.3 is 13.7 Å². The Labute approximate surface area is 167 Å². The maximum Gasteiger partial charge on any atom is 0.433 e. The van der Waals surface area contributed by atoms with Crippen molar-refractivity contribution in [1.29, 1.82) is 0 Å². The summed E-state index contributed by atoms with van der Waals surface area (Å²) >= 11 is 0. The van der Waals surface area contributed by atoms with E-state index in [1.165, 1.54) is 18.6 Å². The molecule has 1 fully saturated rings. The summed E-state index contributed by atoms with van der Waals surface area (Å²) < 4.78 is 52.3. The summed E-state index contributed by atoms with van der Waals surface area (Å²) in [7, 11) is 0. The average molecular weight is 416 g/mol. The number of carbonyl (C=O) groups is 1. The molecule has 10 heteroatoms. The quantitative estimate of drug-likeness (QED) is 0.489. The molecule has 0 N–H and O–H groups in total. The standard InChI is InChI=1S/C20H15F3N4O3/c21-20(22,23)17-10-13(15-5-2-8-29-15)25-18-12(11-24-27(17)18)19(28)26-7-1-4-14(26)16-6-3-9-30-16/h2-3,5-6,8-11,14H,1,4,7H2/t14-/m0/s1. The second-order valence-electron chi connectivity index (χ2n) is 6.97. The summed E-state index contributed by atoms with van der Waals surface area (Å²) in [6.45, 7) is 0.464. The van der Waals surface area contributed by atoms with E-state index in [9.17, 15) is 18.0 Å². The molecular formula is C20H15F3N4O3. The molecule has 1 saturated heterocycles. The number of fused-ring (bicyclic) bond motifs is 1. The van der Waals surface area contributed by atoms with E-state index in [1.54, 1.807) is 23.1 Å². The largest absolute Gasteiger partial charge is 0.467 e. The summed E-state index contributed by atoms with van der Waals surface area (Å²) in [5.41, 5.74) is -1.25. The molecule has 1 aliphatic heterocycles. The van der Waals surface area contributed by atoms with Crippen molar-refractivity contribution in [2.75, 3.05) is 6.54 Å². The molecule has 4 aromatic rings. The van der Waals surface area contributed by atoms with Gasteiger partial charge in [0.1, 0.15) is 17.0 Å². The maximum absolute atomic E-state index is 13.7. The molecule has 1 atom stereocenters. The average Bonchev–Trinajstić information content (AvgIpc) is 3.52. The molecule has 30 heavy (non-hydrogen) atoms. The highest BCUT2D eigenvalue weighted by Gasteiger charge is 2.38. The van der Waals surface area contributed by atoms with Crippen LogP contribution in [0.25, 0.3) is 17.1 Å². The van der Waals surface area contributed by atoms with Gasteiger partial charge in [-0.1, -0.05) is 0 Å². The molecule has 0 unspecified atom stereocenters. The third kappa shape index (κ3) is 2.95. The minimum absolute atomic E-state index is 0.00707. The zero-order chi connectivity index (χ0) is 20.9. The molecule has 0 radical (unpaired) electrons. The number of alkyl halides is 3. The fourth-order valence-corrected chi connectivity index (χ4v) is 3.81. The third-order valence-corrected chi connectivity index (χ3v) is 5.15. The van der Waals surface area contributed by atoms with Crippen LogP contribution in [0.1, 0.15) is 40.7 Å². The molecule has 1 aliphatic rings. The van der Waals surface area contributed by atoms with Gasteiger partial charge in [-0.15, -0.1) is 0 Å². The van der Waals surface area contributed by atoms with Crippen LogP contribution in [-0.2, 0) is 6.18 Å². The summed E-state index contributed by atoms with van der Waals surface area (Å²) in [4.78, 5) is 19.1. The van der Waals surface area contributed by atoms with Gasteiger partial charge in [-0.2, -0.15) is 18.3 Å². The molecule has 4 aromatic heterocycles. The van der Waals surface area contributed by atoms with E-state index >= 15 is 0 Å². The number of halogens is 3. The summed E-state index contributed by atoms with van der Waals surface area (Å²) in [6.07, 6.45) is 0.767. The second-order valence-corrected chi connectivity index (χ2v) is 6.97. The van der Waals surface area contributed by atoms with Gasteiger partial charge >= 0.3 is 6.18 Å². The van der Waals surface area contributed by atoms with Crippen molar-refractivity contribution < 1.29 is 26.8 Å². The number of amides is 1. The van der Waals surface area contributed by atoms with Gasteiger partial charge in [-0.3, -0.25) is 4.79 Å². The summed E-state index contributed by atoms with van der Waals surface area (Å²) in [5, 5.41) is 3.82. The van der Waals surface area contributed by atoms with Crippen LogP contribution < -0.4 is 0 Å². The molecule has 0 aromatic carbocycles. The van der Waals surface area contributed by atoms with Gasteiger partial charge in [0.15, 0.2) is 17.1 Å². The molecular weight excluding hydrogens is 401 g/mol. The first-order valence-corrected chi connectivity index (χ1v) is 9.28. The van der Waals surface area contributed by atoms with Crippen molar-refractivity contribution in [1.82, 2.24) is 19.5 Å². The van der Waals surface area contributed by atoms with Crippen LogP contribution in [0.5, 0.6) is 0 Å². The van der Waals surface area contributed by atoms with Gasteiger partial charge in [0.2, 0.25) is 0 Å². The Morgan fingerprint density at radius 3 is 2.67 bits per heavy atom. The number of aromatic nitrogens is 3. The smallest absolute Gasteiger partial charge is 0.433 e. The third-order valence-electron chi connectivity index (χ3n) is 5.15. The zero-order valence-electron chi connectivity index (χ0n) is 15.5. The first kappa shape index (κ1) is 18.5. The minimum Gasteiger partial charge on any atom is -0.467 e. The van der Waals surface area contributed by atoms with E-state index in [2.05, 4.69) is 10.1 Å². The van der Waals surface area contributed by atoms with Crippen LogP contribution >= 0.6 is 0 Å². The SMILES string of the molecule is O=C(c1cnn2c(C(F)(F)F)cc(-c3ccco3)nc12)N1CCC[C@H]1c1ccco1. The highest BCUT2D eigenvalue weighted by Crippen LogP contribution is 2.36. The molecule has 0 saturated carbocycles. The van der Waals surface area contributed by atoms with Crippen molar-refractivity contribution in [2.24, 2.45) is 0 Å². The number of hydrogen-bond donors (Lipinski definition) is 0. The molecule has 0 spiro atoms. The van der Waals surface area contributed by atoms with Crippen LogP contribution in [-0.4, -0.2) is 31.9 Å². The van der Waals surface area contributed by atoms with Crippen LogP contribution in [0.3, 0.4) is 0 Å². The Bertz CT molecular complexity index is 1200. The van der Waals surface area contributed by atoms with Crippen LogP contribution in [0.15, 0.2) is 57.9 Å². The first-order valence-electron chi connectivity index (χ1n) is 9.28. The number of rotatable bonds is 3. The predicted octanol–water partition coefficient (Wildman–Crippen LogP) is 4.58. The van der Waals surface area contributed by atoms with Gasteiger partial charge in [0, 0.05) is 6.54 Å². The van der Waals surface area contributed by atoms with Crippen LogP contribution in [0, 0.1) is 0 Å². The van der Waals surface area contributed by atoms with Crippen molar-refractivity contribution in [3.8, 4) is 11.5 Å². The Balaban J connectivity index is 1.63. The van der Waals surface area contributed by atoms with Crippen LogP contribution in [0.2, 0.25) is 0 Å². The van der Waals surface area contributed by atoms with E-state index in [1.807, 2.05) is 0 Å². The summed E-state index contributed by atoms with van der Waals surface area (Å²) in [5.74, 6) is 0.357. The Hall–Kier alpha value is -3.56. The van der Waals surface area contributed by atoms with Gasteiger partial charge in [-0.25, -0.2) is 9.50 Å². The topological polar surface area (TPSA) is 76.8 Å². The molecule has 5 rings (SSSR count). The minimum atomic E-state index is -4.70. The lowest BCUT2D eigenvalue weighted by Gasteiger charge is -2.22. The normalized spacial score (nSPS) is 17.2. The van der Waals surface area contributed by atoms with E-state index in [0.717, 1.165) is 18.7 Å². The number of carbonyl (C=O) groups excluding carboxylic acids is 1. The van der Waals surface area contributed by atoms with Gasteiger partial charge in [-0.05, 0) is 43.2 Å². The van der Waals surface area contributed by atoms with E-state index in [4.69, 9.17) is 8.83 Å². The number of nitrogens with zero attached hydrogens (tertiary/aromatic N) is 4. The first-order chi connectivity index (χ1) is 14.4. The fraction of sp³-hybridized carbons (Fsp3) is 0.250. The molecule has 7 nitrogen and oxygen atoms in total. The number of hydrogen-bond acceptors (Lipinski definition) is 5. The summed E-state index contributed by atoms with van der Waals surface area (Å²) in [6, 6.07) is 7.14. The highest BCUT2D eigenvalue weighted by atomic mass is 19.4. The molecule has 0 aliphatic carbocycles. The lowest BCUT2D eigenvalue weighted by molar-refractivity contribution is -0.142. The Kier molecular flexibility index (Phi) is 4.16. The van der Waals surface area contributed by atoms with Gasteiger partial charge in [0.25, 0.3) is 5.91 Å². The van der Waals surface area contributed by atoms with E-state index in [-0.39, 0.29) is 28.7 Å². The fourth-order valence-electron chi connectivity index (χ4n) is 3.81. The zero-order valence-corrected chi connectivity index (χ0v) is 15.5. The van der Waals surface area contributed by atoms with Crippen LogP contribution in [0.4, 0.5) is 13.2 Å². The Morgan fingerprint density at radius 2 is 1.97 bits per heavy atom. The van der Waals surface area contributed by atoms with E-state index in [0.29, 0.717) is 23.2 Å². The second kappa shape index (κ2) is 6.75. The number of furan rings is 2. The lowest BCUT2D eigenvalue weighted by atomic mass is 10.1. The molecule has 0 bridgehead atoms. The molecule has 5 heterocycles. The molecule has 1 amide bonds. The number of likely N-dealkylation sites (tertiary alicyclic amines) is 1. The van der Waals surface area contributed by atoms with Crippen molar-refractivity contribution in [3.05, 3.63) is 66.1 Å². The highest BCUT2D eigenvalue weighted by molar-refractivity contribution is 6.00. The van der Waals surface area contributed by atoms with Crippen molar-refractivity contribution in [3.63, 3.8) is 0 Å². The van der Waals surface area contributed by atoms with E-state index < -0.39 is 17.8 Å². The molecule has 154 valence electrons. The monoisotopic (exact) mass is 416 g/mol. The maximum atomic E-state index is 13.7. The van der Waals surface area contributed by atoms with Crippen molar-refractivity contribution in [2.45, 2.75) is 25.1 Å². The lowest BCUT2D eigenvalue weighted by Crippen LogP contribution is -2.30. The van der Waals surface area contributed by atoms with Crippen molar-refractivity contribution >= 4 is 11.6 Å². The van der Waals surface area contributed by atoms with Gasteiger partial charge in [0.05, 0.1) is 24.8 Å². The Morgan fingerprint density at radius 1 is 1.17 bits per heavy atom. The predicted molar refractivity (Wildman–Crippen MR) is 97.4 cm³/mol.